The molecule has 1 atom stereocenters. The SMILES string of the molecule is CCC(CCCl)CNCc1ccc(Br)cc1F. The molecule has 1 aromatic rings. The Bertz CT molecular complexity index is 346. The van der Waals surface area contributed by atoms with Crippen molar-refractivity contribution in [1.82, 2.24) is 5.32 Å². The molecule has 1 N–H and O–H groups in total. The summed E-state index contributed by atoms with van der Waals surface area (Å²) in [4.78, 5) is 0. The van der Waals surface area contributed by atoms with Crippen molar-refractivity contribution in [3.8, 4) is 0 Å². The maximum absolute atomic E-state index is 13.5. The maximum atomic E-state index is 13.5. The summed E-state index contributed by atoms with van der Waals surface area (Å²) in [5.74, 6) is 1.09. The molecule has 1 nitrogen and oxygen atoms in total. The van der Waals surface area contributed by atoms with Crippen molar-refractivity contribution in [3.05, 3.63) is 34.1 Å². The number of alkyl halides is 1. The number of benzene rings is 1. The van der Waals surface area contributed by atoms with E-state index in [-0.39, 0.29) is 5.82 Å². The predicted octanol–water partition coefficient (Wildman–Crippen LogP) is 4.33. The smallest absolute Gasteiger partial charge is 0.128 e. The molecule has 96 valence electrons. The topological polar surface area (TPSA) is 12.0 Å². The first kappa shape index (κ1) is 14.9. The van der Waals surface area contributed by atoms with E-state index in [1.807, 2.05) is 6.07 Å². The maximum Gasteiger partial charge on any atom is 0.128 e. The van der Waals surface area contributed by atoms with E-state index in [0.29, 0.717) is 23.9 Å². The summed E-state index contributed by atoms with van der Waals surface area (Å²) < 4.78 is 14.3. The average molecular weight is 323 g/mol. The first-order valence-corrected chi connectivity index (χ1v) is 7.20. The fraction of sp³-hybridized carbons (Fsp3) is 0.538. The third kappa shape index (κ3) is 5.36. The lowest BCUT2D eigenvalue weighted by Gasteiger charge is -2.14. The van der Waals surface area contributed by atoms with Crippen molar-refractivity contribution >= 4 is 27.5 Å². The minimum atomic E-state index is -0.169. The van der Waals surface area contributed by atoms with Gasteiger partial charge in [-0.05, 0) is 31.0 Å². The van der Waals surface area contributed by atoms with Gasteiger partial charge >= 0.3 is 0 Å². The van der Waals surface area contributed by atoms with Crippen molar-refractivity contribution in [3.63, 3.8) is 0 Å². The molecule has 0 fully saturated rings. The number of hydrogen-bond donors (Lipinski definition) is 1. The van der Waals surface area contributed by atoms with Crippen LogP contribution in [0.1, 0.15) is 25.3 Å². The molecule has 0 aliphatic heterocycles. The van der Waals surface area contributed by atoms with Gasteiger partial charge in [0.15, 0.2) is 0 Å². The highest BCUT2D eigenvalue weighted by Crippen LogP contribution is 2.15. The molecule has 1 unspecified atom stereocenters. The Morgan fingerprint density at radius 3 is 2.82 bits per heavy atom. The molecule has 0 amide bonds. The van der Waals surface area contributed by atoms with Crippen molar-refractivity contribution < 1.29 is 4.39 Å². The van der Waals surface area contributed by atoms with Gasteiger partial charge < -0.3 is 5.32 Å². The molecule has 0 spiro atoms. The molecule has 0 aromatic heterocycles. The molecular formula is C13H18BrClFN. The molecular weight excluding hydrogens is 305 g/mol. The summed E-state index contributed by atoms with van der Waals surface area (Å²) in [5.41, 5.74) is 0.703. The van der Waals surface area contributed by atoms with Crippen LogP contribution in [-0.2, 0) is 6.54 Å². The zero-order valence-electron chi connectivity index (χ0n) is 9.98. The summed E-state index contributed by atoms with van der Waals surface area (Å²) in [7, 11) is 0. The number of rotatable bonds is 7. The van der Waals surface area contributed by atoms with Gasteiger partial charge in [0.2, 0.25) is 0 Å². The monoisotopic (exact) mass is 321 g/mol. The van der Waals surface area contributed by atoms with E-state index in [1.54, 1.807) is 6.07 Å². The van der Waals surface area contributed by atoms with Crippen LogP contribution in [0.3, 0.4) is 0 Å². The van der Waals surface area contributed by atoms with Crippen molar-refractivity contribution in [1.29, 1.82) is 0 Å². The molecule has 0 radical (unpaired) electrons. The summed E-state index contributed by atoms with van der Waals surface area (Å²) >= 11 is 8.96. The Kier molecular flexibility index (Phi) is 7.09. The second kappa shape index (κ2) is 8.06. The van der Waals surface area contributed by atoms with Crippen LogP contribution in [-0.4, -0.2) is 12.4 Å². The van der Waals surface area contributed by atoms with Gasteiger partial charge in [0.1, 0.15) is 5.82 Å². The summed E-state index contributed by atoms with van der Waals surface area (Å²) in [6.07, 6.45) is 2.11. The second-order valence-corrected chi connectivity index (χ2v) is 5.41. The number of halogens is 3. The van der Waals surface area contributed by atoms with Gasteiger partial charge in [-0.1, -0.05) is 35.3 Å². The van der Waals surface area contributed by atoms with Crippen LogP contribution in [0.2, 0.25) is 0 Å². The lowest BCUT2D eigenvalue weighted by Crippen LogP contribution is -2.23. The van der Waals surface area contributed by atoms with E-state index in [4.69, 9.17) is 11.6 Å². The highest BCUT2D eigenvalue weighted by atomic mass is 79.9. The molecule has 0 heterocycles. The Labute approximate surface area is 116 Å². The lowest BCUT2D eigenvalue weighted by atomic mass is 10.0. The minimum Gasteiger partial charge on any atom is -0.312 e. The Morgan fingerprint density at radius 1 is 1.47 bits per heavy atom. The summed E-state index contributed by atoms with van der Waals surface area (Å²) in [5, 5.41) is 3.28. The molecule has 1 rings (SSSR count). The third-order valence-electron chi connectivity index (χ3n) is 2.86. The zero-order chi connectivity index (χ0) is 12.7. The van der Waals surface area contributed by atoms with Crippen molar-refractivity contribution in [2.75, 3.05) is 12.4 Å². The van der Waals surface area contributed by atoms with E-state index in [1.165, 1.54) is 6.07 Å². The third-order valence-corrected chi connectivity index (χ3v) is 3.57. The van der Waals surface area contributed by atoms with Crippen LogP contribution in [0.15, 0.2) is 22.7 Å². The van der Waals surface area contributed by atoms with E-state index in [2.05, 4.69) is 28.2 Å². The van der Waals surface area contributed by atoms with Gasteiger partial charge in [-0.15, -0.1) is 11.6 Å². The highest BCUT2D eigenvalue weighted by molar-refractivity contribution is 9.10. The minimum absolute atomic E-state index is 0.169. The number of nitrogens with one attached hydrogen (secondary N) is 1. The molecule has 0 bridgehead atoms. The van der Waals surface area contributed by atoms with E-state index < -0.39 is 0 Å². The molecule has 0 saturated heterocycles. The second-order valence-electron chi connectivity index (χ2n) is 4.12. The molecule has 0 saturated carbocycles. The van der Waals surface area contributed by atoms with Crippen LogP contribution in [0.25, 0.3) is 0 Å². The molecule has 17 heavy (non-hydrogen) atoms. The van der Waals surface area contributed by atoms with Crippen LogP contribution in [0.4, 0.5) is 4.39 Å². The van der Waals surface area contributed by atoms with Gasteiger partial charge in [-0.3, -0.25) is 0 Å². The number of hydrogen-bond acceptors (Lipinski definition) is 1. The van der Waals surface area contributed by atoms with Gasteiger partial charge in [-0.25, -0.2) is 4.39 Å². The fourth-order valence-electron chi connectivity index (χ4n) is 1.68. The molecule has 0 aliphatic carbocycles. The first-order valence-electron chi connectivity index (χ1n) is 5.88. The van der Waals surface area contributed by atoms with Crippen molar-refractivity contribution in [2.24, 2.45) is 5.92 Å². The molecule has 0 aliphatic rings. The van der Waals surface area contributed by atoms with E-state index >= 15 is 0 Å². The van der Waals surface area contributed by atoms with Gasteiger partial charge in [0.25, 0.3) is 0 Å². The summed E-state index contributed by atoms with van der Waals surface area (Å²) in [6, 6.07) is 5.15. The van der Waals surface area contributed by atoms with Crippen LogP contribution in [0.5, 0.6) is 0 Å². The average Bonchev–Trinajstić information content (AvgIpc) is 2.30. The lowest BCUT2D eigenvalue weighted by molar-refractivity contribution is 0.448. The fourth-order valence-corrected chi connectivity index (χ4v) is 2.32. The van der Waals surface area contributed by atoms with Crippen LogP contribution < -0.4 is 5.32 Å². The van der Waals surface area contributed by atoms with Crippen LogP contribution in [0, 0.1) is 11.7 Å². The predicted molar refractivity (Wildman–Crippen MR) is 74.9 cm³/mol. The largest absolute Gasteiger partial charge is 0.312 e. The zero-order valence-corrected chi connectivity index (χ0v) is 12.3. The molecule has 1 aromatic carbocycles. The Balaban J connectivity index is 2.39. The Hall–Kier alpha value is -0.120. The normalized spacial score (nSPS) is 12.7. The standard InChI is InChI=1S/C13H18BrClFN/c1-2-10(5-6-15)8-17-9-11-3-4-12(14)7-13(11)16/h3-4,7,10,17H,2,5-6,8-9H2,1H3. The van der Waals surface area contributed by atoms with E-state index in [9.17, 15) is 4.39 Å². The first-order chi connectivity index (χ1) is 8.17. The van der Waals surface area contributed by atoms with Gasteiger partial charge in [-0.2, -0.15) is 0 Å². The van der Waals surface area contributed by atoms with Crippen molar-refractivity contribution in [2.45, 2.75) is 26.3 Å². The molecule has 4 heteroatoms. The summed E-state index contributed by atoms with van der Waals surface area (Å²) in [6.45, 7) is 3.61. The van der Waals surface area contributed by atoms with Gasteiger partial charge in [0, 0.05) is 22.5 Å². The quantitative estimate of drug-likeness (QED) is 0.737. The van der Waals surface area contributed by atoms with Crippen LogP contribution >= 0.6 is 27.5 Å². The van der Waals surface area contributed by atoms with Gasteiger partial charge in [0.05, 0.1) is 0 Å². The Morgan fingerprint density at radius 2 is 2.24 bits per heavy atom. The van der Waals surface area contributed by atoms with E-state index in [0.717, 1.165) is 23.9 Å². The highest BCUT2D eigenvalue weighted by Gasteiger charge is 2.06.